The highest BCUT2D eigenvalue weighted by atomic mass is 16.6. The number of aliphatic hydroxyl groups is 3. The van der Waals surface area contributed by atoms with Crippen LogP contribution in [0.4, 0.5) is 0 Å². The Morgan fingerprint density at radius 1 is 1.41 bits per heavy atom. The molecule has 7 heteroatoms. The van der Waals surface area contributed by atoms with Crippen molar-refractivity contribution < 1.29 is 34.4 Å². The molecule has 3 N–H and O–H groups in total. The number of allylic oxidation sites excluding steroid dienone is 1. The van der Waals surface area contributed by atoms with E-state index in [-0.39, 0.29) is 12.0 Å². The predicted octanol–water partition coefficient (Wildman–Crippen LogP) is 0.785. The average Bonchev–Trinajstić information content (AvgIpc) is 2.93. The number of esters is 2. The molecule has 0 bridgehead atoms. The normalized spacial score (nSPS) is 41.8. The average molecular weight is 378 g/mol. The van der Waals surface area contributed by atoms with Crippen molar-refractivity contribution >= 4 is 11.9 Å². The van der Waals surface area contributed by atoms with Crippen molar-refractivity contribution in [2.45, 2.75) is 64.1 Å². The highest BCUT2D eigenvalue weighted by molar-refractivity contribution is 5.92. The minimum atomic E-state index is -1.71. The van der Waals surface area contributed by atoms with Gasteiger partial charge in [0.15, 0.2) is 0 Å². The third kappa shape index (κ3) is 2.85. The summed E-state index contributed by atoms with van der Waals surface area (Å²) in [7, 11) is 0. The molecule has 2 aliphatic carbocycles. The molecule has 0 aromatic carbocycles. The zero-order valence-corrected chi connectivity index (χ0v) is 15.9. The molecule has 1 aliphatic heterocycles. The van der Waals surface area contributed by atoms with Gasteiger partial charge in [-0.2, -0.15) is 0 Å². The first-order chi connectivity index (χ1) is 12.5. The second kappa shape index (κ2) is 6.58. The molecular formula is C20H26O7. The van der Waals surface area contributed by atoms with E-state index >= 15 is 0 Å². The molecule has 0 aromatic rings. The number of ether oxygens (including phenoxy) is 2. The predicted molar refractivity (Wildman–Crippen MR) is 95.3 cm³/mol. The number of carbonyl (C=O) groups excluding carboxylic acids is 2. The molecule has 148 valence electrons. The van der Waals surface area contributed by atoms with Gasteiger partial charge in [0.2, 0.25) is 0 Å². The van der Waals surface area contributed by atoms with Gasteiger partial charge in [-0.25, -0.2) is 9.59 Å². The van der Waals surface area contributed by atoms with Gasteiger partial charge in [-0.15, -0.1) is 0 Å². The summed E-state index contributed by atoms with van der Waals surface area (Å²) in [4.78, 5) is 24.5. The van der Waals surface area contributed by atoms with E-state index in [4.69, 9.17) is 9.47 Å². The summed E-state index contributed by atoms with van der Waals surface area (Å²) in [6.45, 7) is 10.3. The third-order valence-corrected chi connectivity index (χ3v) is 6.19. The fraction of sp³-hybridized carbons (Fsp3) is 0.600. The van der Waals surface area contributed by atoms with E-state index in [1.807, 2.05) is 0 Å². The fourth-order valence-electron chi connectivity index (χ4n) is 4.53. The monoisotopic (exact) mass is 378 g/mol. The molecule has 1 saturated heterocycles. The Balaban J connectivity index is 2.09. The molecule has 27 heavy (non-hydrogen) atoms. The maximum Gasteiger partial charge on any atom is 0.334 e. The lowest BCUT2D eigenvalue weighted by atomic mass is 9.78. The van der Waals surface area contributed by atoms with Crippen molar-refractivity contribution in [1.29, 1.82) is 0 Å². The van der Waals surface area contributed by atoms with Crippen LogP contribution in [-0.2, 0) is 19.1 Å². The number of hydrogen-bond donors (Lipinski definition) is 3. The van der Waals surface area contributed by atoms with E-state index in [1.165, 1.54) is 6.92 Å². The van der Waals surface area contributed by atoms with Crippen molar-refractivity contribution in [2.24, 2.45) is 11.8 Å². The van der Waals surface area contributed by atoms with Gasteiger partial charge in [0.05, 0.1) is 11.8 Å². The Morgan fingerprint density at radius 2 is 2.04 bits per heavy atom. The summed E-state index contributed by atoms with van der Waals surface area (Å²) in [6, 6.07) is 0. The van der Waals surface area contributed by atoms with E-state index in [0.29, 0.717) is 16.7 Å². The highest BCUT2D eigenvalue weighted by Gasteiger charge is 2.63. The van der Waals surface area contributed by atoms with Crippen LogP contribution in [0.15, 0.2) is 34.9 Å². The SMILES string of the molecule is C=C1C(=O)OC2C1C(OC(=O)C(C)=CC)CC(C)=C1C(O)C(O)C(C)(O)C12. The second-order valence-corrected chi connectivity index (χ2v) is 7.87. The Kier molecular flexibility index (Phi) is 4.82. The topological polar surface area (TPSA) is 113 Å². The van der Waals surface area contributed by atoms with E-state index in [2.05, 4.69) is 6.58 Å². The molecule has 0 radical (unpaired) electrons. The van der Waals surface area contributed by atoms with Gasteiger partial charge in [0.1, 0.15) is 30.0 Å². The van der Waals surface area contributed by atoms with Crippen LogP contribution < -0.4 is 0 Å². The van der Waals surface area contributed by atoms with Crippen molar-refractivity contribution in [3.63, 3.8) is 0 Å². The fourth-order valence-corrected chi connectivity index (χ4v) is 4.53. The number of carbonyl (C=O) groups is 2. The van der Waals surface area contributed by atoms with Crippen molar-refractivity contribution in [2.75, 3.05) is 0 Å². The van der Waals surface area contributed by atoms with Crippen LogP contribution in [0.2, 0.25) is 0 Å². The van der Waals surface area contributed by atoms with E-state index in [0.717, 1.165) is 0 Å². The smallest absolute Gasteiger partial charge is 0.334 e. The van der Waals surface area contributed by atoms with Gasteiger partial charge in [0.25, 0.3) is 0 Å². The van der Waals surface area contributed by atoms with Crippen molar-refractivity contribution in [1.82, 2.24) is 0 Å². The van der Waals surface area contributed by atoms with E-state index in [1.54, 1.807) is 26.8 Å². The molecule has 7 nitrogen and oxygen atoms in total. The largest absolute Gasteiger partial charge is 0.458 e. The Morgan fingerprint density at radius 3 is 2.63 bits per heavy atom. The summed E-state index contributed by atoms with van der Waals surface area (Å²) in [5.41, 5.74) is 0.0168. The molecule has 0 amide bonds. The lowest BCUT2D eigenvalue weighted by molar-refractivity contribution is -0.155. The lowest BCUT2D eigenvalue weighted by Crippen LogP contribution is -2.49. The molecule has 2 fully saturated rings. The van der Waals surface area contributed by atoms with Crippen LogP contribution in [0, 0.1) is 11.8 Å². The first-order valence-corrected chi connectivity index (χ1v) is 9.04. The summed E-state index contributed by atoms with van der Waals surface area (Å²) < 4.78 is 11.2. The quantitative estimate of drug-likeness (QED) is 0.370. The lowest BCUT2D eigenvalue weighted by Gasteiger charge is -2.34. The maximum absolute atomic E-state index is 12.3. The first kappa shape index (κ1) is 19.8. The minimum Gasteiger partial charge on any atom is -0.458 e. The molecule has 0 aromatic heterocycles. The maximum atomic E-state index is 12.3. The number of aliphatic hydroxyl groups excluding tert-OH is 2. The van der Waals surface area contributed by atoms with E-state index in [9.17, 15) is 24.9 Å². The summed E-state index contributed by atoms with van der Waals surface area (Å²) in [6.07, 6.45) is -2.44. The standard InChI is InChI=1S/C20H26O7/c1-6-8(2)18(23)26-11-7-9(3)12-14(20(5,25)17(22)15(12)21)16-13(11)10(4)19(24)27-16/h6,11,13-17,21-22,25H,4,7H2,1-3,5H3. The molecule has 7 unspecified atom stereocenters. The molecule has 1 heterocycles. The molecule has 0 spiro atoms. The van der Waals surface area contributed by atoms with Crippen LogP contribution in [0.3, 0.4) is 0 Å². The molecule has 3 aliphatic rings. The third-order valence-electron chi connectivity index (χ3n) is 6.19. The molecule has 3 rings (SSSR count). The van der Waals surface area contributed by atoms with Crippen LogP contribution in [0.5, 0.6) is 0 Å². The van der Waals surface area contributed by atoms with Gasteiger partial charge >= 0.3 is 11.9 Å². The minimum absolute atomic E-state index is 0.164. The number of hydrogen-bond acceptors (Lipinski definition) is 7. The van der Waals surface area contributed by atoms with Crippen molar-refractivity contribution in [3.8, 4) is 0 Å². The number of fused-ring (bicyclic) bond motifs is 3. The van der Waals surface area contributed by atoms with Crippen LogP contribution in [0.1, 0.15) is 34.1 Å². The summed E-state index contributed by atoms with van der Waals surface area (Å²) in [5.74, 6) is -2.63. The summed E-state index contributed by atoms with van der Waals surface area (Å²) >= 11 is 0. The zero-order chi connectivity index (χ0) is 20.3. The Bertz CT molecular complexity index is 760. The molecular weight excluding hydrogens is 352 g/mol. The second-order valence-electron chi connectivity index (χ2n) is 7.87. The summed E-state index contributed by atoms with van der Waals surface area (Å²) in [5, 5.41) is 31.8. The highest BCUT2D eigenvalue weighted by Crippen LogP contribution is 2.52. The van der Waals surface area contributed by atoms with Gasteiger partial charge in [-0.05, 0) is 33.3 Å². The van der Waals surface area contributed by atoms with Crippen LogP contribution >= 0.6 is 0 Å². The number of rotatable bonds is 2. The van der Waals surface area contributed by atoms with Gasteiger partial charge in [0, 0.05) is 17.6 Å². The van der Waals surface area contributed by atoms with Gasteiger partial charge in [-0.1, -0.05) is 18.2 Å². The molecule has 7 atom stereocenters. The van der Waals surface area contributed by atoms with Crippen LogP contribution in [-0.4, -0.2) is 57.3 Å². The Hall–Kier alpha value is -1.96. The van der Waals surface area contributed by atoms with Gasteiger partial charge < -0.3 is 24.8 Å². The Labute approximate surface area is 158 Å². The van der Waals surface area contributed by atoms with Gasteiger partial charge in [-0.3, -0.25) is 0 Å². The molecule has 1 saturated carbocycles. The van der Waals surface area contributed by atoms with E-state index < -0.39 is 53.8 Å². The zero-order valence-electron chi connectivity index (χ0n) is 15.9. The van der Waals surface area contributed by atoms with Crippen LogP contribution in [0.25, 0.3) is 0 Å². The first-order valence-electron chi connectivity index (χ1n) is 9.04. The van der Waals surface area contributed by atoms with Crippen molar-refractivity contribution in [3.05, 3.63) is 34.9 Å².